The molecule has 1 aromatic rings. The molecular formula is C15H24N3O3P. The predicted molar refractivity (Wildman–Crippen MR) is 89.7 cm³/mol. The smallest absolute Gasteiger partial charge is 0.333 e. The summed E-state index contributed by atoms with van der Waals surface area (Å²) in [6.07, 6.45) is 7.42. The minimum absolute atomic E-state index is 0.378. The van der Waals surface area contributed by atoms with Gasteiger partial charge in [0.25, 0.3) is 0 Å². The number of hydrogen-bond donors (Lipinski definition) is 1. The van der Waals surface area contributed by atoms with Gasteiger partial charge in [0.2, 0.25) is 9.03 Å². The first kappa shape index (κ1) is 18.5. The van der Waals surface area contributed by atoms with Gasteiger partial charge in [0.15, 0.2) is 5.82 Å². The highest BCUT2D eigenvalue weighted by atomic mass is 31.1. The molecule has 0 aromatic carbocycles. The number of carbonyl (C=O) groups excluding carboxylic acids is 1. The molecule has 1 aliphatic heterocycles. The SMILES string of the molecule is C=Cc1nccc(N2CCCC2C(=O)OPO)n1.CCCC. The van der Waals surface area contributed by atoms with Crippen LogP contribution in [-0.4, -0.2) is 33.4 Å². The fourth-order valence-corrected chi connectivity index (χ4v) is 2.25. The second-order valence-corrected chi connectivity index (χ2v) is 5.23. The number of unbranched alkanes of at least 4 members (excludes halogenated alkanes) is 1. The first-order valence-electron chi connectivity index (χ1n) is 7.49. The Morgan fingerprint density at radius 3 is 2.91 bits per heavy atom. The molecule has 0 bridgehead atoms. The number of hydrogen-bond acceptors (Lipinski definition) is 6. The molecule has 2 rings (SSSR count). The van der Waals surface area contributed by atoms with E-state index in [2.05, 4.69) is 34.9 Å². The molecule has 1 aliphatic rings. The number of carbonyl (C=O) groups is 1. The van der Waals surface area contributed by atoms with E-state index in [-0.39, 0.29) is 6.04 Å². The molecule has 0 amide bonds. The minimum atomic E-state index is -0.815. The number of anilines is 1. The molecule has 2 unspecified atom stereocenters. The number of aromatic nitrogens is 2. The summed E-state index contributed by atoms with van der Waals surface area (Å²) < 4.78 is 4.67. The van der Waals surface area contributed by atoms with E-state index in [0.29, 0.717) is 18.1 Å². The van der Waals surface area contributed by atoms with Crippen LogP contribution in [0, 0.1) is 0 Å². The van der Waals surface area contributed by atoms with E-state index in [1.165, 1.54) is 12.8 Å². The van der Waals surface area contributed by atoms with E-state index in [9.17, 15) is 4.79 Å². The first-order valence-corrected chi connectivity index (χ1v) is 8.35. The van der Waals surface area contributed by atoms with Gasteiger partial charge < -0.3 is 14.3 Å². The monoisotopic (exact) mass is 325 g/mol. The summed E-state index contributed by atoms with van der Waals surface area (Å²) in [6, 6.07) is 1.37. The summed E-state index contributed by atoms with van der Waals surface area (Å²) in [6.45, 7) is 8.71. The molecule has 6 nitrogen and oxygen atoms in total. The predicted octanol–water partition coefficient (Wildman–Crippen LogP) is 2.94. The summed E-state index contributed by atoms with van der Waals surface area (Å²) in [7, 11) is -0.815. The molecule has 1 fully saturated rings. The van der Waals surface area contributed by atoms with Gasteiger partial charge in [0.05, 0.1) is 0 Å². The van der Waals surface area contributed by atoms with Crippen LogP contribution in [0.3, 0.4) is 0 Å². The van der Waals surface area contributed by atoms with E-state index in [1.807, 2.05) is 4.90 Å². The second-order valence-electron chi connectivity index (χ2n) is 4.84. The van der Waals surface area contributed by atoms with E-state index in [4.69, 9.17) is 4.89 Å². The van der Waals surface area contributed by atoms with Gasteiger partial charge >= 0.3 is 5.97 Å². The molecule has 0 spiro atoms. The Bertz CT molecular complexity index is 483. The standard InChI is InChI=1S/C11H14N3O3P.C4H10/c1-2-9-12-6-5-10(13-9)14-7-3-4-8(14)11(15)17-18-16;1-3-4-2/h2,5-6,8,16,18H,1,3-4,7H2;3-4H2,1-2H3. The van der Waals surface area contributed by atoms with Crippen molar-refractivity contribution in [3.8, 4) is 0 Å². The molecule has 22 heavy (non-hydrogen) atoms. The molecule has 1 saturated heterocycles. The van der Waals surface area contributed by atoms with Crippen molar-refractivity contribution < 1.29 is 14.2 Å². The lowest BCUT2D eigenvalue weighted by molar-refractivity contribution is -0.135. The van der Waals surface area contributed by atoms with Crippen LogP contribution in [0.1, 0.15) is 45.4 Å². The molecule has 7 heteroatoms. The first-order chi connectivity index (χ1) is 10.7. The molecule has 0 saturated carbocycles. The van der Waals surface area contributed by atoms with Gasteiger partial charge in [-0.3, -0.25) is 0 Å². The maximum Gasteiger partial charge on any atom is 0.333 e. The Morgan fingerprint density at radius 1 is 1.59 bits per heavy atom. The van der Waals surface area contributed by atoms with Crippen molar-refractivity contribution in [2.75, 3.05) is 11.4 Å². The van der Waals surface area contributed by atoms with Crippen LogP contribution in [0.2, 0.25) is 0 Å². The molecule has 0 radical (unpaired) electrons. The van der Waals surface area contributed by atoms with Crippen molar-refractivity contribution >= 4 is 26.9 Å². The van der Waals surface area contributed by atoms with Crippen LogP contribution in [0.5, 0.6) is 0 Å². The van der Waals surface area contributed by atoms with E-state index < -0.39 is 15.0 Å². The third-order valence-electron chi connectivity index (χ3n) is 3.31. The van der Waals surface area contributed by atoms with Gasteiger partial charge in [0.1, 0.15) is 11.9 Å². The van der Waals surface area contributed by atoms with Gasteiger partial charge in [-0.05, 0) is 25.0 Å². The quantitative estimate of drug-likeness (QED) is 0.839. The summed E-state index contributed by atoms with van der Waals surface area (Å²) in [5, 5.41) is 0. The lowest BCUT2D eigenvalue weighted by atomic mass is 10.2. The Hall–Kier alpha value is -1.52. The van der Waals surface area contributed by atoms with E-state index in [1.54, 1.807) is 18.3 Å². The average molecular weight is 325 g/mol. The van der Waals surface area contributed by atoms with Gasteiger partial charge in [-0.1, -0.05) is 33.3 Å². The number of rotatable bonds is 5. The summed E-state index contributed by atoms with van der Waals surface area (Å²) in [4.78, 5) is 30.6. The molecule has 0 aliphatic carbocycles. The maximum absolute atomic E-state index is 11.7. The largest absolute Gasteiger partial charge is 0.418 e. The Morgan fingerprint density at radius 2 is 2.32 bits per heavy atom. The molecular weight excluding hydrogens is 301 g/mol. The third-order valence-corrected chi connectivity index (χ3v) is 3.60. The fraction of sp³-hybridized carbons (Fsp3) is 0.533. The average Bonchev–Trinajstić information content (AvgIpc) is 3.05. The molecule has 2 atom stereocenters. The van der Waals surface area contributed by atoms with Crippen LogP contribution in [-0.2, 0) is 9.32 Å². The molecule has 1 N–H and O–H groups in total. The summed E-state index contributed by atoms with van der Waals surface area (Å²) in [5.41, 5.74) is 0. The topological polar surface area (TPSA) is 75.6 Å². The molecule has 122 valence electrons. The molecule has 1 aromatic heterocycles. The van der Waals surface area contributed by atoms with Crippen LogP contribution < -0.4 is 4.90 Å². The van der Waals surface area contributed by atoms with Gasteiger partial charge in [-0.2, -0.15) is 0 Å². The summed E-state index contributed by atoms with van der Waals surface area (Å²) >= 11 is 0. The van der Waals surface area contributed by atoms with Gasteiger partial charge in [-0.25, -0.2) is 14.8 Å². The van der Waals surface area contributed by atoms with Crippen LogP contribution >= 0.6 is 9.03 Å². The Labute approximate surface area is 133 Å². The fourth-order valence-electron chi connectivity index (χ4n) is 2.02. The zero-order valence-corrected chi connectivity index (χ0v) is 14.2. The zero-order chi connectivity index (χ0) is 16.4. The maximum atomic E-state index is 11.7. The van der Waals surface area contributed by atoms with Crippen LogP contribution in [0.25, 0.3) is 6.08 Å². The second kappa shape index (κ2) is 10.2. The highest BCUT2D eigenvalue weighted by Gasteiger charge is 2.33. The van der Waals surface area contributed by atoms with E-state index in [0.717, 1.165) is 13.0 Å². The Balaban J connectivity index is 0.000000541. The normalized spacial score (nSPS) is 17.2. The Kier molecular flexibility index (Phi) is 8.63. The van der Waals surface area contributed by atoms with Crippen LogP contribution in [0.15, 0.2) is 18.8 Å². The van der Waals surface area contributed by atoms with Crippen molar-refractivity contribution in [2.45, 2.75) is 45.6 Å². The van der Waals surface area contributed by atoms with Crippen molar-refractivity contribution in [1.29, 1.82) is 0 Å². The van der Waals surface area contributed by atoms with E-state index >= 15 is 0 Å². The van der Waals surface area contributed by atoms with Gasteiger partial charge in [0, 0.05) is 12.7 Å². The lowest BCUT2D eigenvalue weighted by Gasteiger charge is -2.23. The lowest BCUT2D eigenvalue weighted by Crippen LogP contribution is -2.37. The third kappa shape index (κ3) is 5.35. The number of nitrogens with zero attached hydrogens (tertiary/aromatic N) is 3. The van der Waals surface area contributed by atoms with Crippen molar-refractivity contribution in [3.63, 3.8) is 0 Å². The zero-order valence-electron chi connectivity index (χ0n) is 13.2. The van der Waals surface area contributed by atoms with Crippen molar-refractivity contribution in [2.24, 2.45) is 0 Å². The minimum Gasteiger partial charge on any atom is -0.418 e. The van der Waals surface area contributed by atoms with Gasteiger partial charge in [-0.15, -0.1) is 0 Å². The highest BCUT2D eigenvalue weighted by Crippen LogP contribution is 2.26. The van der Waals surface area contributed by atoms with Crippen molar-refractivity contribution in [3.05, 3.63) is 24.7 Å². The van der Waals surface area contributed by atoms with Crippen molar-refractivity contribution in [1.82, 2.24) is 9.97 Å². The summed E-state index contributed by atoms with van der Waals surface area (Å²) in [5.74, 6) is 0.795. The van der Waals surface area contributed by atoms with Crippen LogP contribution in [0.4, 0.5) is 5.82 Å². The highest BCUT2D eigenvalue weighted by molar-refractivity contribution is 7.25. The molecule has 2 heterocycles.